The van der Waals surface area contributed by atoms with E-state index in [1.54, 1.807) is 0 Å². The number of hydrogen-bond acceptors (Lipinski definition) is 0. The van der Waals surface area contributed by atoms with E-state index in [0.717, 1.165) is 17.8 Å². The Morgan fingerprint density at radius 3 is 1.76 bits per heavy atom. The highest BCUT2D eigenvalue weighted by Crippen LogP contribution is 2.22. The summed E-state index contributed by atoms with van der Waals surface area (Å²) in [7, 11) is 0. The fraction of sp³-hybridized carbons (Fsp3) is 1.00. The van der Waals surface area contributed by atoms with Crippen molar-refractivity contribution in [3.63, 3.8) is 0 Å². The van der Waals surface area contributed by atoms with Crippen molar-refractivity contribution < 1.29 is 0 Å². The summed E-state index contributed by atoms with van der Waals surface area (Å²) in [6, 6.07) is 0. The Labute approximate surface area is 111 Å². The van der Waals surface area contributed by atoms with E-state index >= 15 is 0 Å². The molecule has 0 aromatic rings. The van der Waals surface area contributed by atoms with Crippen LogP contribution in [0.15, 0.2) is 0 Å². The topological polar surface area (TPSA) is 0 Å². The molecular weight excluding hydrogens is 204 g/mol. The van der Waals surface area contributed by atoms with E-state index in [2.05, 4.69) is 34.6 Å². The zero-order valence-corrected chi connectivity index (χ0v) is 13.1. The van der Waals surface area contributed by atoms with Crippen LogP contribution in [0.3, 0.4) is 0 Å². The van der Waals surface area contributed by atoms with E-state index in [0.29, 0.717) is 0 Å². The van der Waals surface area contributed by atoms with Crippen LogP contribution in [0.2, 0.25) is 0 Å². The van der Waals surface area contributed by atoms with Gasteiger partial charge in [0.2, 0.25) is 0 Å². The summed E-state index contributed by atoms with van der Waals surface area (Å²) in [5.41, 5.74) is 0. The second-order valence-electron chi connectivity index (χ2n) is 6.41. The first kappa shape index (κ1) is 17.0. The molecule has 0 amide bonds. The third kappa shape index (κ3) is 10.9. The summed E-state index contributed by atoms with van der Waals surface area (Å²) in [5.74, 6) is 2.81. The molecule has 0 radical (unpaired) electrons. The third-order valence-electron chi connectivity index (χ3n) is 4.14. The van der Waals surface area contributed by atoms with Crippen LogP contribution in [-0.2, 0) is 0 Å². The van der Waals surface area contributed by atoms with Crippen LogP contribution in [0, 0.1) is 17.8 Å². The van der Waals surface area contributed by atoms with E-state index in [9.17, 15) is 0 Å². The minimum absolute atomic E-state index is 0.880. The summed E-state index contributed by atoms with van der Waals surface area (Å²) in [5, 5.41) is 0. The lowest BCUT2D eigenvalue weighted by atomic mass is 9.90. The van der Waals surface area contributed by atoms with Gasteiger partial charge in [-0.3, -0.25) is 0 Å². The van der Waals surface area contributed by atoms with Crippen LogP contribution in [0.4, 0.5) is 0 Å². The molecule has 0 fully saturated rings. The Bertz CT molecular complexity index is 148. The Morgan fingerprint density at radius 1 is 0.706 bits per heavy atom. The first-order valence-electron chi connectivity index (χ1n) is 8.10. The zero-order chi connectivity index (χ0) is 13.1. The highest BCUT2D eigenvalue weighted by atomic mass is 14.1. The van der Waals surface area contributed by atoms with Crippen molar-refractivity contribution in [2.75, 3.05) is 0 Å². The van der Waals surface area contributed by atoms with Gasteiger partial charge in [0.05, 0.1) is 0 Å². The standard InChI is InChI=1S/C17H36/c1-6-16(5)12-10-8-9-11-13-17(7-2)14-15(3)4/h15-17H,6-14H2,1-5H3. The van der Waals surface area contributed by atoms with E-state index < -0.39 is 0 Å². The van der Waals surface area contributed by atoms with Gasteiger partial charge in [-0.2, -0.15) is 0 Å². The first-order chi connectivity index (χ1) is 8.10. The highest BCUT2D eigenvalue weighted by Gasteiger charge is 2.08. The maximum Gasteiger partial charge on any atom is -0.0414 e. The lowest BCUT2D eigenvalue weighted by Gasteiger charge is -2.16. The van der Waals surface area contributed by atoms with Gasteiger partial charge in [-0.05, 0) is 24.2 Å². The molecule has 0 aliphatic rings. The number of unbranched alkanes of at least 4 members (excludes halogenated alkanes) is 3. The minimum atomic E-state index is 0.880. The Hall–Kier alpha value is 0. The Kier molecular flexibility index (Phi) is 11.1. The van der Waals surface area contributed by atoms with Crippen molar-refractivity contribution in [3.05, 3.63) is 0 Å². The van der Waals surface area contributed by atoms with Gasteiger partial charge in [0.15, 0.2) is 0 Å². The van der Waals surface area contributed by atoms with Gasteiger partial charge in [-0.15, -0.1) is 0 Å². The van der Waals surface area contributed by atoms with Gasteiger partial charge in [0.1, 0.15) is 0 Å². The monoisotopic (exact) mass is 240 g/mol. The van der Waals surface area contributed by atoms with Gasteiger partial charge in [-0.25, -0.2) is 0 Å². The maximum atomic E-state index is 2.38. The van der Waals surface area contributed by atoms with Crippen molar-refractivity contribution in [3.8, 4) is 0 Å². The molecule has 0 nitrogen and oxygen atoms in total. The minimum Gasteiger partial charge on any atom is -0.0651 e. The molecule has 2 unspecified atom stereocenters. The highest BCUT2D eigenvalue weighted by molar-refractivity contribution is 4.60. The largest absolute Gasteiger partial charge is 0.0651 e. The molecule has 0 N–H and O–H groups in total. The van der Waals surface area contributed by atoms with Crippen molar-refractivity contribution in [1.29, 1.82) is 0 Å². The van der Waals surface area contributed by atoms with Gasteiger partial charge < -0.3 is 0 Å². The predicted molar refractivity (Wildman–Crippen MR) is 80.4 cm³/mol. The van der Waals surface area contributed by atoms with Crippen LogP contribution in [0.25, 0.3) is 0 Å². The molecule has 0 spiro atoms. The Morgan fingerprint density at radius 2 is 1.29 bits per heavy atom. The molecule has 0 aliphatic carbocycles. The van der Waals surface area contributed by atoms with E-state index in [-0.39, 0.29) is 0 Å². The van der Waals surface area contributed by atoms with Crippen LogP contribution >= 0.6 is 0 Å². The van der Waals surface area contributed by atoms with Gasteiger partial charge in [0, 0.05) is 0 Å². The second-order valence-corrected chi connectivity index (χ2v) is 6.41. The molecule has 0 aromatic heterocycles. The lowest BCUT2D eigenvalue weighted by molar-refractivity contribution is 0.360. The normalized spacial score (nSPS) is 15.2. The summed E-state index contributed by atoms with van der Waals surface area (Å²) in [6.45, 7) is 11.8. The fourth-order valence-corrected chi connectivity index (χ4v) is 2.64. The number of rotatable bonds is 11. The summed E-state index contributed by atoms with van der Waals surface area (Å²) in [4.78, 5) is 0. The molecule has 0 aromatic carbocycles. The van der Waals surface area contributed by atoms with Gasteiger partial charge in [0.25, 0.3) is 0 Å². The summed E-state index contributed by atoms with van der Waals surface area (Å²) >= 11 is 0. The molecule has 0 aliphatic heterocycles. The molecule has 0 bridgehead atoms. The van der Waals surface area contributed by atoms with Crippen LogP contribution in [0.1, 0.15) is 92.4 Å². The molecular formula is C17H36. The van der Waals surface area contributed by atoms with E-state index in [1.165, 1.54) is 57.8 Å². The maximum absolute atomic E-state index is 2.38. The lowest BCUT2D eigenvalue weighted by Crippen LogP contribution is -2.03. The van der Waals surface area contributed by atoms with Crippen molar-refractivity contribution in [1.82, 2.24) is 0 Å². The molecule has 0 rings (SSSR count). The van der Waals surface area contributed by atoms with Crippen LogP contribution in [0.5, 0.6) is 0 Å². The summed E-state index contributed by atoms with van der Waals surface area (Å²) < 4.78 is 0. The first-order valence-corrected chi connectivity index (χ1v) is 8.10. The van der Waals surface area contributed by atoms with Crippen molar-refractivity contribution >= 4 is 0 Å². The molecule has 17 heavy (non-hydrogen) atoms. The Balaban J connectivity index is 3.36. The quantitative estimate of drug-likeness (QED) is 0.364. The molecule has 0 heterocycles. The molecule has 0 saturated heterocycles. The average molecular weight is 240 g/mol. The summed E-state index contributed by atoms with van der Waals surface area (Å²) in [6.07, 6.45) is 12.9. The molecule has 2 atom stereocenters. The SMILES string of the molecule is CCC(C)CCCCCCC(CC)CC(C)C. The van der Waals surface area contributed by atoms with Crippen LogP contribution < -0.4 is 0 Å². The average Bonchev–Trinajstić information content (AvgIpc) is 2.30. The second kappa shape index (κ2) is 11.1. The number of hydrogen-bond donors (Lipinski definition) is 0. The molecule has 0 heteroatoms. The zero-order valence-electron chi connectivity index (χ0n) is 13.1. The third-order valence-corrected chi connectivity index (χ3v) is 4.14. The van der Waals surface area contributed by atoms with E-state index in [4.69, 9.17) is 0 Å². The van der Waals surface area contributed by atoms with E-state index in [1.807, 2.05) is 0 Å². The van der Waals surface area contributed by atoms with Crippen LogP contribution in [-0.4, -0.2) is 0 Å². The van der Waals surface area contributed by atoms with Crippen molar-refractivity contribution in [2.45, 2.75) is 92.4 Å². The van der Waals surface area contributed by atoms with Gasteiger partial charge in [-0.1, -0.05) is 86.0 Å². The molecule has 0 saturated carbocycles. The van der Waals surface area contributed by atoms with Crippen molar-refractivity contribution in [2.24, 2.45) is 17.8 Å². The fourth-order valence-electron chi connectivity index (χ4n) is 2.64. The van der Waals surface area contributed by atoms with Gasteiger partial charge >= 0.3 is 0 Å². The molecule has 104 valence electrons. The predicted octanol–water partition coefficient (Wildman–Crippen LogP) is 6.45. The smallest absolute Gasteiger partial charge is 0.0414 e.